The largest absolute Gasteiger partial charge is 0.478 e. The van der Waals surface area contributed by atoms with Crippen LogP contribution in [0.25, 0.3) is 0 Å². The summed E-state index contributed by atoms with van der Waals surface area (Å²) in [5, 5.41) is 8.73. The van der Waals surface area contributed by atoms with Crippen LogP contribution in [0.15, 0.2) is 18.3 Å². The van der Waals surface area contributed by atoms with Crippen LogP contribution in [-0.4, -0.2) is 22.0 Å². The molecule has 1 atom stereocenters. The molecule has 1 aliphatic carbocycles. The Balaban J connectivity index is 2.39. The highest BCUT2D eigenvalue weighted by molar-refractivity contribution is 5.89. The number of aromatic carboxylic acids is 1. The minimum absolute atomic E-state index is 0.00926. The number of halogens is 2. The zero-order valence-corrected chi connectivity index (χ0v) is 7.08. The average molecular weight is 199 g/mol. The van der Waals surface area contributed by atoms with Gasteiger partial charge in [-0.2, -0.15) is 0 Å². The maximum atomic E-state index is 12.7. The fourth-order valence-electron chi connectivity index (χ4n) is 1.39. The van der Waals surface area contributed by atoms with Gasteiger partial charge in [0, 0.05) is 12.6 Å². The lowest BCUT2D eigenvalue weighted by Crippen LogP contribution is -2.06. The SMILES string of the molecule is O=C(O)c1cccnc1C1CC1(F)F. The maximum Gasteiger partial charge on any atom is 0.337 e. The molecule has 1 aromatic heterocycles. The summed E-state index contributed by atoms with van der Waals surface area (Å²) in [4.78, 5) is 14.4. The summed E-state index contributed by atoms with van der Waals surface area (Å²) >= 11 is 0. The van der Waals surface area contributed by atoms with Crippen molar-refractivity contribution in [1.29, 1.82) is 0 Å². The molecule has 0 spiro atoms. The Bertz CT molecular complexity index is 392. The molecular weight excluding hydrogens is 192 g/mol. The molecule has 5 heteroatoms. The second-order valence-electron chi connectivity index (χ2n) is 3.26. The van der Waals surface area contributed by atoms with Gasteiger partial charge in [-0.25, -0.2) is 13.6 Å². The predicted molar refractivity (Wildman–Crippen MR) is 43.5 cm³/mol. The monoisotopic (exact) mass is 199 g/mol. The number of rotatable bonds is 2. The predicted octanol–water partition coefficient (Wildman–Crippen LogP) is 1.90. The van der Waals surface area contributed by atoms with Gasteiger partial charge < -0.3 is 5.11 Å². The van der Waals surface area contributed by atoms with E-state index >= 15 is 0 Å². The molecule has 1 aliphatic rings. The van der Waals surface area contributed by atoms with E-state index in [-0.39, 0.29) is 17.7 Å². The van der Waals surface area contributed by atoms with Crippen LogP contribution in [-0.2, 0) is 0 Å². The van der Waals surface area contributed by atoms with E-state index in [1.165, 1.54) is 18.3 Å². The minimum atomic E-state index is -2.78. The Morgan fingerprint density at radius 1 is 1.64 bits per heavy atom. The molecule has 0 aromatic carbocycles. The summed E-state index contributed by atoms with van der Waals surface area (Å²) in [6.45, 7) is 0. The molecular formula is C9H7F2NO2. The zero-order valence-electron chi connectivity index (χ0n) is 7.08. The summed E-state index contributed by atoms with van der Waals surface area (Å²) < 4.78 is 25.4. The topological polar surface area (TPSA) is 50.2 Å². The Kier molecular flexibility index (Phi) is 1.77. The second-order valence-corrected chi connectivity index (χ2v) is 3.26. The number of pyridine rings is 1. The lowest BCUT2D eigenvalue weighted by molar-refractivity contribution is 0.0693. The van der Waals surface area contributed by atoms with E-state index < -0.39 is 17.8 Å². The van der Waals surface area contributed by atoms with E-state index in [2.05, 4.69) is 4.98 Å². The highest BCUT2D eigenvalue weighted by atomic mass is 19.3. The Labute approximate surface area is 78.4 Å². The van der Waals surface area contributed by atoms with E-state index in [0.717, 1.165) is 0 Å². The van der Waals surface area contributed by atoms with Crippen molar-refractivity contribution in [1.82, 2.24) is 4.98 Å². The van der Waals surface area contributed by atoms with Gasteiger partial charge in [0.25, 0.3) is 5.92 Å². The van der Waals surface area contributed by atoms with Crippen LogP contribution in [0.2, 0.25) is 0 Å². The second kappa shape index (κ2) is 2.73. The molecule has 0 aliphatic heterocycles. The third-order valence-electron chi connectivity index (χ3n) is 2.22. The van der Waals surface area contributed by atoms with Gasteiger partial charge in [-0.3, -0.25) is 4.98 Å². The van der Waals surface area contributed by atoms with Crippen molar-refractivity contribution in [2.45, 2.75) is 18.3 Å². The summed E-state index contributed by atoms with van der Waals surface area (Å²) in [5.74, 6) is -5.01. The van der Waals surface area contributed by atoms with E-state index in [1.807, 2.05) is 0 Å². The van der Waals surface area contributed by atoms with Crippen LogP contribution < -0.4 is 0 Å². The van der Waals surface area contributed by atoms with Crippen LogP contribution in [0.1, 0.15) is 28.4 Å². The van der Waals surface area contributed by atoms with Crippen molar-refractivity contribution >= 4 is 5.97 Å². The first-order valence-electron chi connectivity index (χ1n) is 4.08. The van der Waals surface area contributed by atoms with Gasteiger partial charge in [0.1, 0.15) is 0 Å². The standard InChI is InChI=1S/C9H7F2NO2/c10-9(11)4-6(9)7-5(8(13)14)2-1-3-12-7/h1-3,6H,4H2,(H,13,14). The van der Waals surface area contributed by atoms with E-state index in [4.69, 9.17) is 5.11 Å². The lowest BCUT2D eigenvalue weighted by Gasteiger charge is -2.02. The molecule has 0 radical (unpaired) electrons. The van der Waals surface area contributed by atoms with Crippen molar-refractivity contribution in [3.8, 4) is 0 Å². The Morgan fingerprint density at radius 2 is 2.29 bits per heavy atom. The molecule has 14 heavy (non-hydrogen) atoms. The molecule has 1 heterocycles. The molecule has 2 rings (SSSR count). The van der Waals surface area contributed by atoms with Crippen LogP contribution >= 0.6 is 0 Å². The number of aromatic nitrogens is 1. The number of alkyl halides is 2. The van der Waals surface area contributed by atoms with E-state index in [1.54, 1.807) is 0 Å². The molecule has 0 bridgehead atoms. The van der Waals surface area contributed by atoms with Gasteiger partial charge in [0.2, 0.25) is 0 Å². The van der Waals surface area contributed by atoms with Gasteiger partial charge in [0.15, 0.2) is 0 Å². The third-order valence-corrected chi connectivity index (χ3v) is 2.22. The van der Waals surface area contributed by atoms with Crippen molar-refractivity contribution < 1.29 is 18.7 Å². The molecule has 1 N–H and O–H groups in total. The summed E-state index contributed by atoms with van der Waals surface area (Å²) in [6, 6.07) is 2.71. The van der Waals surface area contributed by atoms with Gasteiger partial charge in [-0.15, -0.1) is 0 Å². The Hall–Kier alpha value is -1.52. The van der Waals surface area contributed by atoms with Gasteiger partial charge in [0.05, 0.1) is 17.2 Å². The Morgan fingerprint density at radius 3 is 2.79 bits per heavy atom. The summed E-state index contributed by atoms with van der Waals surface area (Å²) in [7, 11) is 0. The van der Waals surface area contributed by atoms with Crippen LogP contribution in [0.4, 0.5) is 8.78 Å². The van der Waals surface area contributed by atoms with Gasteiger partial charge in [-0.05, 0) is 12.1 Å². The van der Waals surface area contributed by atoms with E-state index in [0.29, 0.717) is 0 Å². The molecule has 1 fully saturated rings. The number of nitrogens with zero attached hydrogens (tertiary/aromatic N) is 1. The van der Waals surface area contributed by atoms with E-state index in [9.17, 15) is 13.6 Å². The van der Waals surface area contributed by atoms with Gasteiger partial charge in [-0.1, -0.05) is 0 Å². The third kappa shape index (κ3) is 1.34. The van der Waals surface area contributed by atoms with Crippen molar-refractivity contribution in [2.24, 2.45) is 0 Å². The molecule has 1 aromatic rings. The number of hydrogen-bond acceptors (Lipinski definition) is 2. The molecule has 3 nitrogen and oxygen atoms in total. The number of carbonyl (C=O) groups is 1. The quantitative estimate of drug-likeness (QED) is 0.791. The molecule has 0 amide bonds. The summed E-state index contributed by atoms with van der Waals surface area (Å²) in [6.07, 6.45) is 1.03. The van der Waals surface area contributed by atoms with Crippen LogP contribution in [0.5, 0.6) is 0 Å². The fraction of sp³-hybridized carbons (Fsp3) is 0.333. The normalized spacial score (nSPS) is 23.1. The first-order valence-corrected chi connectivity index (χ1v) is 4.08. The highest BCUT2D eigenvalue weighted by Gasteiger charge is 2.59. The minimum Gasteiger partial charge on any atom is -0.478 e. The molecule has 74 valence electrons. The average Bonchev–Trinajstić information content (AvgIpc) is 2.75. The first kappa shape index (κ1) is 9.05. The van der Waals surface area contributed by atoms with Crippen molar-refractivity contribution in [3.63, 3.8) is 0 Å². The van der Waals surface area contributed by atoms with Crippen molar-refractivity contribution in [2.75, 3.05) is 0 Å². The molecule has 1 unspecified atom stereocenters. The lowest BCUT2D eigenvalue weighted by atomic mass is 10.1. The van der Waals surface area contributed by atoms with Crippen molar-refractivity contribution in [3.05, 3.63) is 29.6 Å². The maximum absolute atomic E-state index is 12.7. The number of carboxylic acids is 1. The first-order chi connectivity index (χ1) is 6.52. The smallest absolute Gasteiger partial charge is 0.337 e. The van der Waals surface area contributed by atoms with Crippen LogP contribution in [0.3, 0.4) is 0 Å². The molecule has 1 saturated carbocycles. The summed E-state index contributed by atoms with van der Waals surface area (Å²) in [5.41, 5.74) is -0.139. The van der Waals surface area contributed by atoms with Crippen LogP contribution in [0, 0.1) is 0 Å². The highest BCUT2D eigenvalue weighted by Crippen LogP contribution is 2.55. The molecule has 0 saturated heterocycles. The number of carboxylic acid groups (broad SMARTS) is 1. The fourth-order valence-corrected chi connectivity index (χ4v) is 1.39. The number of hydrogen-bond donors (Lipinski definition) is 1. The zero-order chi connectivity index (χ0) is 10.3. The van der Waals surface area contributed by atoms with Gasteiger partial charge >= 0.3 is 5.97 Å².